The number of aromatic nitrogens is 1. The second kappa shape index (κ2) is 8.88. The number of carbonyl (C=O) groups excluding carboxylic acids is 2. The lowest BCUT2D eigenvalue weighted by atomic mass is 10.2. The first-order chi connectivity index (χ1) is 13.0. The Balaban J connectivity index is 1.75. The molecular weight excluding hydrogens is 424 g/mol. The van der Waals surface area contributed by atoms with E-state index in [-0.39, 0.29) is 11.9 Å². The summed E-state index contributed by atoms with van der Waals surface area (Å²) >= 11 is 10.0. The van der Waals surface area contributed by atoms with Crippen molar-refractivity contribution in [3.63, 3.8) is 0 Å². The molecule has 1 aromatic carbocycles. The molecule has 0 bridgehead atoms. The Morgan fingerprint density at radius 3 is 2.74 bits per heavy atom. The number of thioether (sulfide) groups is 1. The van der Waals surface area contributed by atoms with Crippen molar-refractivity contribution in [2.75, 3.05) is 12.4 Å². The molecule has 1 amide bonds. The predicted octanol–water partition coefficient (Wildman–Crippen LogP) is 5.43. The smallest absolute Gasteiger partial charge is 0.318 e. The second-order valence-corrected chi connectivity index (χ2v) is 9.33. The third kappa shape index (κ3) is 4.90. The second-order valence-electron chi connectivity index (χ2n) is 5.38. The van der Waals surface area contributed by atoms with Crippen LogP contribution in [0.4, 0.5) is 5.13 Å². The van der Waals surface area contributed by atoms with E-state index in [2.05, 4.69) is 10.3 Å². The van der Waals surface area contributed by atoms with Gasteiger partial charge in [0, 0.05) is 10.3 Å². The van der Waals surface area contributed by atoms with Gasteiger partial charge in [-0.1, -0.05) is 23.7 Å². The van der Waals surface area contributed by atoms with Gasteiger partial charge >= 0.3 is 5.97 Å². The Hall–Kier alpha value is -1.87. The lowest BCUT2D eigenvalue weighted by Gasteiger charge is -2.12. The number of nitrogens with one attached hydrogen (secondary N) is 1. The average Bonchev–Trinajstić information content (AvgIpc) is 3.30. The number of nitrogens with zero attached hydrogens (tertiary/aromatic N) is 1. The molecule has 0 radical (unpaired) electrons. The molecule has 0 saturated carbocycles. The fraction of sp³-hybridized carbons (Fsp3) is 0.167. The first-order valence-corrected chi connectivity index (χ1v) is 10.8. The van der Waals surface area contributed by atoms with Gasteiger partial charge < -0.3 is 4.74 Å². The largest absolute Gasteiger partial charge is 0.468 e. The Kier molecular flexibility index (Phi) is 6.54. The molecule has 1 N–H and O–H groups in total. The Bertz CT molecular complexity index is 970. The third-order valence-electron chi connectivity index (χ3n) is 3.52. The van der Waals surface area contributed by atoms with E-state index in [1.165, 1.54) is 41.5 Å². The number of hydrogen-bond donors (Lipinski definition) is 1. The van der Waals surface area contributed by atoms with Crippen molar-refractivity contribution in [3.8, 4) is 10.6 Å². The molecule has 140 valence electrons. The fourth-order valence-electron chi connectivity index (χ4n) is 2.22. The maximum Gasteiger partial charge on any atom is 0.318 e. The Morgan fingerprint density at radius 1 is 1.26 bits per heavy atom. The van der Waals surface area contributed by atoms with Crippen LogP contribution in [0.1, 0.15) is 17.3 Å². The van der Waals surface area contributed by atoms with Crippen LogP contribution in [-0.4, -0.2) is 29.2 Å². The van der Waals surface area contributed by atoms with Crippen molar-refractivity contribution < 1.29 is 14.3 Å². The van der Waals surface area contributed by atoms with Crippen LogP contribution in [0.2, 0.25) is 4.34 Å². The topological polar surface area (TPSA) is 68.3 Å². The van der Waals surface area contributed by atoms with E-state index >= 15 is 0 Å². The molecule has 0 aliphatic heterocycles. The minimum Gasteiger partial charge on any atom is -0.468 e. The van der Waals surface area contributed by atoms with Crippen LogP contribution >= 0.6 is 46.0 Å². The maximum atomic E-state index is 12.7. The number of carbonyl (C=O) groups is 2. The van der Waals surface area contributed by atoms with Gasteiger partial charge in [-0.05, 0) is 31.2 Å². The van der Waals surface area contributed by atoms with Crippen LogP contribution in [0.5, 0.6) is 0 Å². The maximum absolute atomic E-state index is 12.7. The van der Waals surface area contributed by atoms with E-state index < -0.39 is 5.25 Å². The van der Waals surface area contributed by atoms with E-state index in [0.717, 1.165) is 10.6 Å². The van der Waals surface area contributed by atoms with Gasteiger partial charge in [-0.15, -0.1) is 34.4 Å². The van der Waals surface area contributed by atoms with Crippen LogP contribution in [-0.2, 0) is 9.53 Å². The molecule has 3 rings (SSSR count). The number of amides is 1. The van der Waals surface area contributed by atoms with Gasteiger partial charge in [0.2, 0.25) is 0 Å². The SMILES string of the molecule is COC(=O)C(C)Sc1ccccc1C(=O)Nc1nc(-c2ccc(Cl)s2)cs1. The van der Waals surface area contributed by atoms with Crippen LogP contribution in [0, 0.1) is 0 Å². The van der Waals surface area contributed by atoms with Crippen molar-refractivity contribution in [1.82, 2.24) is 4.98 Å². The molecule has 2 heterocycles. The summed E-state index contributed by atoms with van der Waals surface area (Å²) in [6, 6.07) is 10.8. The van der Waals surface area contributed by atoms with E-state index in [0.29, 0.717) is 19.9 Å². The summed E-state index contributed by atoms with van der Waals surface area (Å²) < 4.78 is 5.44. The molecule has 0 saturated heterocycles. The molecule has 0 spiro atoms. The zero-order valence-corrected chi connectivity index (χ0v) is 17.6. The highest BCUT2D eigenvalue weighted by atomic mass is 35.5. The lowest BCUT2D eigenvalue weighted by Crippen LogP contribution is -2.17. The predicted molar refractivity (Wildman–Crippen MR) is 112 cm³/mol. The zero-order valence-electron chi connectivity index (χ0n) is 14.4. The molecular formula is C18H15ClN2O3S3. The van der Waals surface area contributed by atoms with Crippen molar-refractivity contribution in [1.29, 1.82) is 0 Å². The molecule has 0 aliphatic carbocycles. The van der Waals surface area contributed by atoms with Crippen LogP contribution in [0.15, 0.2) is 46.7 Å². The summed E-state index contributed by atoms with van der Waals surface area (Å²) in [5.41, 5.74) is 1.25. The van der Waals surface area contributed by atoms with E-state index in [1.54, 1.807) is 25.1 Å². The van der Waals surface area contributed by atoms with E-state index in [1.807, 2.05) is 23.6 Å². The fourth-order valence-corrected chi connectivity index (χ4v) is 5.02. The zero-order chi connectivity index (χ0) is 19.4. The number of thiazole rings is 1. The van der Waals surface area contributed by atoms with Crippen molar-refractivity contribution in [2.45, 2.75) is 17.1 Å². The average molecular weight is 439 g/mol. The van der Waals surface area contributed by atoms with Crippen molar-refractivity contribution in [3.05, 3.63) is 51.7 Å². The quantitative estimate of drug-likeness (QED) is 0.410. The Morgan fingerprint density at radius 2 is 2.04 bits per heavy atom. The highest BCUT2D eigenvalue weighted by molar-refractivity contribution is 8.00. The number of esters is 1. The molecule has 9 heteroatoms. The van der Waals surface area contributed by atoms with Gasteiger partial charge in [-0.25, -0.2) is 4.98 Å². The Labute approximate surface area is 173 Å². The summed E-state index contributed by atoms with van der Waals surface area (Å²) in [6.07, 6.45) is 0. The lowest BCUT2D eigenvalue weighted by molar-refractivity contribution is -0.139. The number of ether oxygens (including phenoxy) is 1. The van der Waals surface area contributed by atoms with Gasteiger partial charge in [-0.2, -0.15) is 0 Å². The standard InChI is InChI=1S/C18H15ClN2O3S3/c1-10(17(23)24-2)26-13-6-4-3-5-11(13)16(22)21-18-20-12(9-25-18)14-7-8-15(19)27-14/h3-10H,1-2H3,(H,20,21,22). The number of halogens is 1. The number of thiophene rings is 1. The normalized spacial score (nSPS) is 11.8. The molecule has 2 aromatic heterocycles. The highest BCUT2D eigenvalue weighted by Crippen LogP contribution is 2.33. The van der Waals surface area contributed by atoms with Crippen molar-refractivity contribution in [2.24, 2.45) is 0 Å². The monoisotopic (exact) mass is 438 g/mol. The first-order valence-electron chi connectivity index (χ1n) is 7.84. The van der Waals surface area contributed by atoms with Gasteiger partial charge in [-0.3, -0.25) is 14.9 Å². The van der Waals surface area contributed by atoms with E-state index in [4.69, 9.17) is 16.3 Å². The molecule has 27 heavy (non-hydrogen) atoms. The molecule has 5 nitrogen and oxygen atoms in total. The third-order valence-corrected chi connectivity index (χ3v) is 6.69. The molecule has 1 unspecified atom stereocenters. The minimum absolute atomic E-state index is 0.278. The molecule has 1 atom stereocenters. The van der Waals surface area contributed by atoms with Gasteiger partial charge in [0.25, 0.3) is 5.91 Å². The summed E-state index contributed by atoms with van der Waals surface area (Å²) in [7, 11) is 1.35. The minimum atomic E-state index is -0.418. The van der Waals surface area contributed by atoms with Crippen molar-refractivity contribution >= 4 is 63.0 Å². The van der Waals surface area contributed by atoms with Gasteiger partial charge in [0.1, 0.15) is 5.25 Å². The highest BCUT2D eigenvalue weighted by Gasteiger charge is 2.19. The summed E-state index contributed by atoms with van der Waals surface area (Å²) in [6.45, 7) is 1.74. The summed E-state index contributed by atoms with van der Waals surface area (Å²) in [5, 5.41) is 4.78. The number of rotatable bonds is 6. The number of methoxy groups -OCH3 is 1. The number of benzene rings is 1. The molecule has 0 fully saturated rings. The summed E-state index contributed by atoms with van der Waals surface area (Å²) in [4.78, 5) is 30.5. The van der Waals surface area contributed by atoms with Gasteiger partial charge in [0.05, 0.1) is 27.6 Å². The number of hydrogen-bond acceptors (Lipinski definition) is 7. The molecule has 0 aliphatic rings. The van der Waals surface area contributed by atoms with E-state index in [9.17, 15) is 9.59 Å². The van der Waals surface area contributed by atoms with Gasteiger partial charge in [0.15, 0.2) is 5.13 Å². The first kappa shape index (κ1) is 19.9. The van der Waals surface area contributed by atoms with Crippen LogP contribution in [0.25, 0.3) is 10.6 Å². The summed E-state index contributed by atoms with van der Waals surface area (Å²) in [5.74, 6) is -0.616. The van der Waals surface area contributed by atoms with Crippen LogP contribution in [0.3, 0.4) is 0 Å². The number of anilines is 1. The van der Waals surface area contributed by atoms with Crippen LogP contribution < -0.4 is 5.32 Å². The molecule has 3 aromatic rings.